The van der Waals surface area contributed by atoms with Crippen LogP contribution in [0, 0.1) is 28.6 Å². The maximum atomic E-state index is 12.5. The fourth-order valence-electron chi connectivity index (χ4n) is 6.72. The second-order valence-corrected chi connectivity index (χ2v) is 13.3. The largest absolute Gasteiger partial charge is 0.386 e. The van der Waals surface area contributed by atoms with E-state index in [-0.39, 0.29) is 16.9 Å². The van der Waals surface area contributed by atoms with Crippen LogP contribution in [-0.4, -0.2) is 23.0 Å². The zero-order valence-corrected chi connectivity index (χ0v) is 17.8. The molecule has 7 atom stereocenters. The molecule has 6 heteroatoms. The van der Waals surface area contributed by atoms with Gasteiger partial charge in [0.05, 0.1) is 6.10 Å². The molecule has 4 aliphatic carbocycles. The van der Waals surface area contributed by atoms with Gasteiger partial charge in [0.25, 0.3) is 0 Å². The van der Waals surface area contributed by atoms with Crippen molar-refractivity contribution in [2.45, 2.75) is 71.3 Å². The Morgan fingerprint density at radius 2 is 1.88 bits per heavy atom. The fourth-order valence-corrected chi connectivity index (χ4v) is 7.99. The van der Waals surface area contributed by atoms with Crippen LogP contribution in [0.25, 0.3) is 0 Å². The summed E-state index contributed by atoms with van der Waals surface area (Å²) in [4.78, 5) is 22.3. The third-order valence-corrected chi connectivity index (χ3v) is 10.9. The number of fused-ring (bicyclic) bond motifs is 5. The lowest BCUT2D eigenvalue weighted by atomic mass is 9.48. The lowest BCUT2D eigenvalue weighted by Gasteiger charge is -2.57. The zero-order valence-electron chi connectivity index (χ0n) is 16.1. The molecule has 0 aromatic heterocycles. The number of hydrogen-bond acceptors (Lipinski definition) is 4. The van der Waals surface area contributed by atoms with Gasteiger partial charge in [-0.15, -0.1) is 0 Å². The maximum Gasteiger partial charge on any atom is 0.386 e. The highest BCUT2D eigenvalue weighted by Crippen LogP contribution is 2.65. The Labute approximate surface area is 160 Å². The number of allylic oxidation sites excluding steroid dienone is 1. The molecule has 0 aliphatic heterocycles. The highest BCUT2D eigenvalue weighted by atomic mass is 32.7. The van der Waals surface area contributed by atoms with Gasteiger partial charge in [-0.1, -0.05) is 25.5 Å². The standard InChI is InChI=1S/C20H31O4PS/c1-19-10-8-14(24-25(22,23)26-3)12-13(19)4-5-15-16-6-7-18(21)20(16,2)11-9-17(15)19/h4,14-17H,5-12H2,1-3H3,(H,22,23)/t14-,15-,16-,17-,19-,20-/m0/s1. The van der Waals surface area contributed by atoms with Gasteiger partial charge in [0, 0.05) is 11.8 Å². The normalized spacial score (nSPS) is 47.4. The molecule has 0 aromatic carbocycles. The number of carbonyl (C=O) groups is 1. The van der Waals surface area contributed by atoms with Gasteiger partial charge in [-0.3, -0.25) is 9.32 Å². The predicted octanol–water partition coefficient (Wildman–Crippen LogP) is 5.37. The first-order valence-corrected chi connectivity index (χ1v) is 13.4. The summed E-state index contributed by atoms with van der Waals surface area (Å²) < 4.78 is 17.5. The molecule has 3 fully saturated rings. The molecule has 0 bridgehead atoms. The Balaban J connectivity index is 1.56. The van der Waals surface area contributed by atoms with Gasteiger partial charge in [0.1, 0.15) is 5.78 Å². The van der Waals surface area contributed by atoms with Crippen LogP contribution in [0.4, 0.5) is 0 Å². The molecule has 0 saturated heterocycles. The van der Waals surface area contributed by atoms with Crippen molar-refractivity contribution in [2.75, 3.05) is 6.26 Å². The smallest absolute Gasteiger partial charge is 0.316 e. The van der Waals surface area contributed by atoms with Gasteiger partial charge in [-0.2, -0.15) is 0 Å². The summed E-state index contributed by atoms with van der Waals surface area (Å²) in [6.45, 7) is 1.10. The second-order valence-electron chi connectivity index (χ2n) is 9.30. The molecule has 3 saturated carbocycles. The number of Topliss-reactive ketones (excluding diaryl/α,β-unsaturated/α-hetero) is 1. The van der Waals surface area contributed by atoms with Gasteiger partial charge in [0.15, 0.2) is 0 Å². The molecule has 26 heavy (non-hydrogen) atoms. The lowest BCUT2D eigenvalue weighted by molar-refractivity contribution is -0.131. The Kier molecular flexibility index (Phi) is 4.79. The van der Waals surface area contributed by atoms with Gasteiger partial charge < -0.3 is 4.89 Å². The minimum Gasteiger partial charge on any atom is -0.316 e. The van der Waals surface area contributed by atoms with Crippen molar-refractivity contribution in [2.24, 2.45) is 28.6 Å². The van der Waals surface area contributed by atoms with Crippen molar-refractivity contribution in [1.29, 1.82) is 0 Å². The van der Waals surface area contributed by atoms with E-state index < -0.39 is 6.80 Å². The third-order valence-electron chi connectivity index (χ3n) is 8.28. The maximum absolute atomic E-state index is 12.5. The molecule has 0 aromatic rings. The Hall–Kier alpha value is -0.0900. The van der Waals surface area contributed by atoms with Crippen LogP contribution in [0.1, 0.15) is 65.2 Å². The quantitative estimate of drug-likeness (QED) is 0.512. The van der Waals surface area contributed by atoms with Crippen molar-refractivity contribution in [3.05, 3.63) is 11.6 Å². The van der Waals surface area contributed by atoms with E-state index in [0.29, 0.717) is 23.5 Å². The van der Waals surface area contributed by atoms with Gasteiger partial charge in [0.2, 0.25) is 0 Å². The lowest BCUT2D eigenvalue weighted by Crippen LogP contribution is -2.50. The molecule has 0 amide bonds. The minimum atomic E-state index is -3.52. The van der Waals surface area contributed by atoms with Crippen molar-refractivity contribution < 1.29 is 18.8 Å². The van der Waals surface area contributed by atoms with Crippen LogP contribution in [0.3, 0.4) is 0 Å². The summed E-state index contributed by atoms with van der Waals surface area (Å²) in [6, 6.07) is 0. The number of carbonyl (C=O) groups excluding carboxylic acids is 1. The molecule has 4 rings (SSSR count). The highest BCUT2D eigenvalue weighted by Gasteiger charge is 2.58. The summed E-state index contributed by atoms with van der Waals surface area (Å²) in [7, 11) is 0. The predicted molar refractivity (Wildman–Crippen MR) is 105 cm³/mol. The van der Waals surface area contributed by atoms with Crippen molar-refractivity contribution in [3.8, 4) is 0 Å². The molecule has 1 unspecified atom stereocenters. The molecule has 146 valence electrons. The van der Waals surface area contributed by atoms with Crippen LogP contribution in [-0.2, 0) is 13.9 Å². The summed E-state index contributed by atoms with van der Waals surface area (Å²) in [5.74, 6) is 2.32. The van der Waals surface area contributed by atoms with Crippen LogP contribution >= 0.6 is 18.2 Å². The van der Waals surface area contributed by atoms with E-state index in [1.165, 1.54) is 5.57 Å². The Morgan fingerprint density at radius 3 is 2.62 bits per heavy atom. The molecule has 0 spiro atoms. The molecule has 0 heterocycles. The molecule has 0 radical (unpaired) electrons. The summed E-state index contributed by atoms with van der Waals surface area (Å²) in [6.07, 6.45) is 11.6. The fraction of sp³-hybridized carbons (Fsp3) is 0.850. The first-order valence-electron chi connectivity index (χ1n) is 9.99. The van der Waals surface area contributed by atoms with E-state index in [4.69, 9.17) is 4.52 Å². The van der Waals surface area contributed by atoms with Crippen molar-refractivity contribution >= 4 is 24.0 Å². The molecule has 1 N–H and O–H groups in total. The summed E-state index contributed by atoms with van der Waals surface area (Å²) in [5.41, 5.74) is 1.53. The first kappa shape index (κ1) is 19.2. The van der Waals surface area contributed by atoms with Crippen molar-refractivity contribution in [3.63, 3.8) is 0 Å². The van der Waals surface area contributed by atoms with Gasteiger partial charge in [-0.05, 0) is 85.8 Å². The van der Waals surface area contributed by atoms with E-state index in [0.717, 1.165) is 62.7 Å². The van der Waals surface area contributed by atoms with E-state index in [9.17, 15) is 14.3 Å². The van der Waals surface area contributed by atoms with Crippen LogP contribution in [0.2, 0.25) is 0 Å². The molecular formula is C20H31O4PS. The SMILES string of the molecule is CSP(=O)(O)O[C@H]1CC[C@@]2(C)C(=CC[C@@H]3[C@@H]2CC[C@]2(C)C(=O)CC[C@@H]32)C1. The van der Waals surface area contributed by atoms with E-state index in [2.05, 4.69) is 19.9 Å². The van der Waals surface area contributed by atoms with E-state index in [1.807, 2.05) is 0 Å². The second kappa shape index (κ2) is 6.47. The van der Waals surface area contributed by atoms with E-state index in [1.54, 1.807) is 6.26 Å². The third kappa shape index (κ3) is 2.89. The van der Waals surface area contributed by atoms with Crippen LogP contribution in [0.15, 0.2) is 11.6 Å². The average molecular weight is 399 g/mol. The average Bonchev–Trinajstić information content (AvgIpc) is 2.90. The molecule has 4 nitrogen and oxygen atoms in total. The van der Waals surface area contributed by atoms with Gasteiger partial charge in [-0.25, -0.2) is 4.57 Å². The van der Waals surface area contributed by atoms with E-state index >= 15 is 0 Å². The minimum absolute atomic E-state index is 0.0783. The zero-order chi connectivity index (χ0) is 18.7. The van der Waals surface area contributed by atoms with Crippen molar-refractivity contribution in [1.82, 2.24) is 0 Å². The van der Waals surface area contributed by atoms with Crippen LogP contribution in [0.5, 0.6) is 0 Å². The summed E-state index contributed by atoms with van der Waals surface area (Å²) >= 11 is 0.915. The Morgan fingerprint density at radius 1 is 1.19 bits per heavy atom. The highest BCUT2D eigenvalue weighted by molar-refractivity contribution is 8.54. The first-order chi connectivity index (χ1) is 12.2. The topological polar surface area (TPSA) is 63.6 Å². The Bertz CT molecular complexity index is 691. The van der Waals surface area contributed by atoms with Gasteiger partial charge >= 0.3 is 6.80 Å². The number of ketones is 1. The monoisotopic (exact) mass is 398 g/mol. The molecule has 4 aliphatic rings. The molecular weight excluding hydrogens is 367 g/mol. The van der Waals surface area contributed by atoms with Crippen LogP contribution < -0.4 is 0 Å². The number of rotatable bonds is 3. The number of hydrogen-bond donors (Lipinski definition) is 1. The summed E-state index contributed by atoms with van der Waals surface area (Å²) in [5, 5.41) is 0.